The predicted octanol–water partition coefficient (Wildman–Crippen LogP) is 3.30. The predicted molar refractivity (Wildman–Crippen MR) is 102 cm³/mol. The van der Waals surface area contributed by atoms with Crippen LogP contribution in [0.15, 0.2) is 61.2 Å². The zero-order valence-electron chi connectivity index (χ0n) is 14.7. The molecule has 3 rings (SSSR count). The van der Waals surface area contributed by atoms with Crippen molar-refractivity contribution in [2.24, 2.45) is 0 Å². The maximum Gasteiger partial charge on any atom is 0.122 e. The molecule has 1 aliphatic rings. The Morgan fingerprint density at radius 2 is 1.92 bits per heavy atom. The molecule has 0 radical (unpaired) electrons. The highest BCUT2D eigenvalue weighted by Gasteiger charge is 2.18. The van der Waals surface area contributed by atoms with Gasteiger partial charge in [-0.05, 0) is 48.4 Å². The highest BCUT2D eigenvalue weighted by molar-refractivity contribution is 5.34. The number of hydrogen-bond donors (Lipinski definition) is 2. The van der Waals surface area contributed by atoms with Crippen LogP contribution in [0.1, 0.15) is 23.1 Å². The molecule has 2 N–H and O–H groups in total. The number of hydrogen-bond acceptors (Lipinski definition) is 3. The minimum absolute atomic E-state index is 0.296. The van der Waals surface area contributed by atoms with E-state index in [4.69, 9.17) is 4.74 Å². The molecule has 25 heavy (non-hydrogen) atoms. The monoisotopic (exact) mass is 337 g/mol. The third-order valence-electron chi connectivity index (χ3n) is 4.76. The van der Waals surface area contributed by atoms with Gasteiger partial charge in [-0.1, -0.05) is 48.5 Å². The second kappa shape index (κ2) is 8.84. The average molecular weight is 337 g/mol. The molecule has 132 valence electrons. The molecule has 2 atom stereocenters. The lowest BCUT2D eigenvalue weighted by Crippen LogP contribution is -2.40. The van der Waals surface area contributed by atoms with Crippen molar-refractivity contribution in [1.29, 1.82) is 0 Å². The van der Waals surface area contributed by atoms with Crippen molar-refractivity contribution in [2.45, 2.75) is 37.8 Å². The van der Waals surface area contributed by atoms with Crippen molar-refractivity contribution < 1.29 is 9.84 Å². The lowest BCUT2D eigenvalue weighted by molar-refractivity contribution is 0.102. The Morgan fingerprint density at radius 3 is 2.76 bits per heavy atom. The number of ether oxygens (including phenoxy) is 1. The van der Waals surface area contributed by atoms with E-state index in [9.17, 15) is 5.11 Å². The molecule has 0 unspecified atom stereocenters. The highest BCUT2D eigenvalue weighted by Crippen LogP contribution is 2.21. The van der Waals surface area contributed by atoms with Crippen LogP contribution >= 0.6 is 0 Å². The van der Waals surface area contributed by atoms with Crippen LogP contribution in [0.25, 0.3) is 0 Å². The largest absolute Gasteiger partial charge is 0.491 e. The molecule has 3 nitrogen and oxygen atoms in total. The number of aryl methyl sites for hydroxylation is 1. The van der Waals surface area contributed by atoms with Gasteiger partial charge in [0, 0.05) is 12.6 Å². The van der Waals surface area contributed by atoms with E-state index in [1.54, 1.807) is 0 Å². The van der Waals surface area contributed by atoms with Gasteiger partial charge in [0.05, 0.1) is 0 Å². The van der Waals surface area contributed by atoms with E-state index in [1.807, 2.05) is 30.3 Å². The molecule has 1 aliphatic carbocycles. The summed E-state index contributed by atoms with van der Waals surface area (Å²) in [6, 6.07) is 17.0. The molecule has 2 aromatic carbocycles. The zero-order chi connectivity index (χ0) is 17.5. The van der Waals surface area contributed by atoms with Crippen molar-refractivity contribution in [2.75, 3.05) is 13.2 Å². The van der Waals surface area contributed by atoms with Crippen LogP contribution in [0, 0.1) is 0 Å². The second-order valence-corrected chi connectivity index (χ2v) is 6.68. The number of aliphatic hydroxyl groups is 1. The lowest BCUT2D eigenvalue weighted by Gasteiger charge is -2.26. The van der Waals surface area contributed by atoms with E-state index in [-0.39, 0.29) is 0 Å². The first kappa shape index (κ1) is 17.7. The van der Waals surface area contributed by atoms with Crippen LogP contribution in [0.3, 0.4) is 0 Å². The minimum atomic E-state index is -0.519. The molecule has 0 saturated carbocycles. The summed E-state index contributed by atoms with van der Waals surface area (Å²) in [6.07, 6.45) is 5.37. The van der Waals surface area contributed by atoms with Crippen LogP contribution in [-0.4, -0.2) is 30.4 Å². The Kier molecular flexibility index (Phi) is 6.26. The Morgan fingerprint density at radius 1 is 1.16 bits per heavy atom. The Labute approximate surface area is 150 Å². The molecule has 3 heteroatoms. The maximum absolute atomic E-state index is 10.2. The molecule has 0 spiro atoms. The Hall–Kier alpha value is -2.10. The average Bonchev–Trinajstić information content (AvgIpc) is 2.66. The number of rotatable bonds is 8. The smallest absolute Gasteiger partial charge is 0.122 e. The number of benzene rings is 2. The molecule has 0 bridgehead atoms. The maximum atomic E-state index is 10.2. The van der Waals surface area contributed by atoms with Crippen molar-refractivity contribution in [3.8, 4) is 5.75 Å². The third-order valence-corrected chi connectivity index (χ3v) is 4.76. The fourth-order valence-corrected chi connectivity index (χ4v) is 3.39. The van der Waals surface area contributed by atoms with Crippen molar-refractivity contribution >= 4 is 0 Å². The van der Waals surface area contributed by atoms with Gasteiger partial charge in [0.15, 0.2) is 0 Å². The minimum Gasteiger partial charge on any atom is -0.491 e. The normalized spacial score (nSPS) is 17.6. The summed E-state index contributed by atoms with van der Waals surface area (Å²) in [7, 11) is 0. The Bertz CT molecular complexity index is 698. The fraction of sp³-hybridized carbons (Fsp3) is 0.364. The summed E-state index contributed by atoms with van der Waals surface area (Å²) in [6.45, 7) is 4.62. The number of allylic oxidation sites excluding steroid dienone is 1. The van der Waals surface area contributed by atoms with Crippen LogP contribution < -0.4 is 10.1 Å². The lowest BCUT2D eigenvalue weighted by atomic mass is 9.88. The summed E-state index contributed by atoms with van der Waals surface area (Å²) in [5, 5.41) is 13.7. The highest BCUT2D eigenvalue weighted by atomic mass is 16.5. The topological polar surface area (TPSA) is 41.5 Å². The quantitative estimate of drug-likeness (QED) is 0.726. The van der Waals surface area contributed by atoms with Gasteiger partial charge in [0.2, 0.25) is 0 Å². The molecular formula is C22H27NO2. The first-order valence-electron chi connectivity index (χ1n) is 9.06. The van der Waals surface area contributed by atoms with E-state index >= 15 is 0 Å². The van der Waals surface area contributed by atoms with Crippen molar-refractivity contribution in [3.05, 3.63) is 77.9 Å². The van der Waals surface area contributed by atoms with Crippen molar-refractivity contribution in [1.82, 2.24) is 5.32 Å². The Balaban J connectivity index is 1.45. The van der Waals surface area contributed by atoms with E-state index in [0.717, 1.165) is 37.0 Å². The molecule has 2 aromatic rings. The number of nitrogens with one attached hydrogen (secondary N) is 1. The molecule has 0 aliphatic heterocycles. The molecule has 0 aromatic heterocycles. The molecule has 0 fully saturated rings. The van der Waals surface area contributed by atoms with Gasteiger partial charge in [-0.2, -0.15) is 0 Å². The first-order valence-corrected chi connectivity index (χ1v) is 9.06. The SMILES string of the molecule is C=CCc1ccccc1OC[C@@H](O)CN[C@H]1CCc2ccccc2C1. The summed E-state index contributed by atoms with van der Waals surface area (Å²) in [5.41, 5.74) is 3.99. The summed E-state index contributed by atoms with van der Waals surface area (Å²) < 4.78 is 5.81. The zero-order valence-corrected chi connectivity index (χ0v) is 14.7. The second-order valence-electron chi connectivity index (χ2n) is 6.68. The summed E-state index contributed by atoms with van der Waals surface area (Å²) in [4.78, 5) is 0. The van der Waals surface area contributed by atoms with Gasteiger partial charge in [-0.25, -0.2) is 0 Å². The van der Waals surface area contributed by atoms with Gasteiger partial charge in [0.25, 0.3) is 0 Å². The molecule has 0 amide bonds. The van der Waals surface area contributed by atoms with E-state index in [0.29, 0.717) is 19.2 Å². The van der Waals surface area contributed by atoms with Gasteiger partial charge in [-0.3, -0.25) is 0 Å². The third kappa shape index (κ3) is 4.94. The first-order chi connectivity index (χ1) is 12.3. The van der Waals surface area contributed by atoms with Crippen LogP contribution in [0.2, 0.25) is 0 Å². The van der Waals surface area contributed by atoms with Crippen LogP contribution in [-0.2, 0) is 19.3 Å². The standard InChI is InChI=1S/C22H27NO2/c1-2-7-18-9-5-6-11-22(18)25-16-21(24)15-23-20-13-12-17-8-3-4-10-19(17)14-20/h2-6,8-11,20-21,23-24H,1,7,12-16H2/t20-,21-/m0/s1. The fourth-order valence-electron chi connectivity index (χ4n) is 3.39. The van der Waals surface area contributed by atoms with Gasteiger partial charge < -0.3 is 15.2 Å². The van der Waals surface area contributed by atoms with E-state index in [2.05, 4.69) is 36.2 Å². The van der Waals surface area contributed by atoms with Crippen molar-refractivity contribution in [3.63, 3.8) is 0 Å². The van der Waals surface area contributed by atoms with Crippen LogP contribution in [0.5, 0.6) is 5.75 Å². The van der Waals surface area contributed by atoms with Gasteiger partial charge >= 0.3 is 0 Å². The molecule has 0 heterocycles. The van der Waals surface area contributed by atoms with E-state index in [1.165, 1.54) is 11.1 Å². The summed E-state index contributed by atoms with van der Waals surface area (Å²) in [5.74, 6) is 0.827. The number of fused-ring (bicyclic) bond motifs is 1. The number of aliphatic hydroxyl groups excluding tert-OH is 1. The summed E-state index contributed by atoms with van der Waals surface area (Å²) >= 11 is 0. The van der Waals surface area contributed by atoms with E-state index < -0.39 is 6.10 Å². The number of para-hydroxylation sites is 1. The van der Waals surface area contributed by atoms with Gasteiger partial charge in [0.1, 0.15) is 18.5 Å². The molecule has 0 saturated heterocycles. The van der Waals surface area contributed by atoms with Gasteiger partial charge in [-0.15, -0.1) is 6.58 Å². The van der Waals surface area contributed by atoms with Crippen LogP contribution in [0.4, 0.5) is 0 Å². The molecular weight excluding hydrogens is 310 g/mol.